The summed E-state index contributed by atoms with van der Waals surface area (Å²) in [4.78, 5) is 36.0. The quantitative estimate of drug-likeness (QED) is 0.312. The summed E-state index contributed by atoms with van der Waals surface area (Å²) in [5.41, 5.74) is -0.880. The number of aliphatic hydroxyl groups is 1. The summed E-state index contributed by atoms with van der Waals surface area (Å²) in [5.74, 6) is -3.04. The summed E-state index contributed by atoms with van der Waals surface area (Å²) in [5, 5.41) is 27.5. The summed E-state index contributed by atoms with van der Waals surface area (Å²) in [6.07, 6.45) is -0.748. The van der Waals surface area contributed by atoms with Crippen LogP contribution in [0.25, 0.3) is 0 Å². The number of aliphatic hydroxyl groups excluding tert-OH is 1. The van der Waals surface area contributed by atoms with E-state index in [2.05, 4.69) is 10.6 Å². The minimum Gasteiger partial charge on any atom is -0.382 e. The van der Waals surface area contributed by atoms with Crippen molar-refractivity contribution in [2.75, 3.05) is 5.32 Å². The number of carbonyl (C=O) groups excluding carboxylic acids is 2. The second kappa shape index (κ2) is 8.90. The van der Waals surface area contributed by atoms with Gasteiger partial charge in [-0.1, -0.05) is 6.07 Å². The first kappa shape index (κ1) is 20.6. The molecule has 3 rings (SSSR count). The number of amides is 2. The molecule has 1 unspecified atom stereocenters. The molecule has 8 nitrogen and oxygen atoms in total. The summed E-state index contributed by atoms with van der Waals surface area (Å²) in [6.45, 7) is 0.0671. The van der Waals surface area contributed by atoms with Crippen LogP contribution >= 0.6 is 22.7 Å². The fraction of sp³-hybridized carbons (Fsp3) is 0.111. The van der Waals surface area contributed by atoms with E-state index < -0.39 is 34.3 Å². The Bertz CT molecular complexity index is 1050. The van der Waals surface area contributed by atoms with Gasteiger partial charge in [-0.15, -0.1) is 22.7 Å². The number of anilines is 1. The number of thiophene rings is 2. The molecule has 1 atom stereocenters. The molecule has 0 spiro atoms. The minimum absolute atomic E-state index is 0.0671. The Morgan fingerprint density at radius 3 is 2.66 bits per heavy atom. The molecule has 3 N–H and O–H groups in total. The van der Waals surface area contributed by atoms with E-state index in [4.69, 9.17) is 0 Å². The first-order valence-corrected chi connectivity index (χ1v) is 9.88. The number of benzene rings is 1. The fourth-order valence-electron chi connectivity index (χ4n) is 2.39. The molecule has 1 aromatic carbocycles. The second-order valence-electron chi connectivity index (χ2n) is 5.78. The average molecular weight is 435 g/mol. The molecule has 0 radical (unpaired) electrons. The Morgan fingerprint density at radius 1 is 1.17 bits per heavy atom. The molecule has 0 aliphatic heterocycles. The number of hydrogen-bond donors (Lipinski definition) is 3. The third-order valence-electron chi connectivity index (χ3n) is 3.79. The lowest BCUT2D eigenvalue weighted by atomic mass is 10.2. The maximum atomic E-state index is 13.3. The largest absolute Gasteiger partial charge is 0.382 e. The van der Waals surface area contributed by atoms with Gasteiger partial charge in [0.1, 0.15) is 6.10 Å². The van der Waals surface area contributed by atoms with E-state index in [1.54, 1.807) is 12.1 Å². The van der Waals surface area contributed by atoms with Gasteiger partial charge in [0, 0.05) is 26.4 Å². The zero-order chi connectivity index (χ0) is 21.0. The highest BCUT2D eigenvalue weighted by atomic mass is 32.1. The van der Waals surface area contributed by atoms with Crippen molar-refractivity contribution in [1.82, 2.24) is 5.32 Å². The third kappa shape index (κ3) is 5.02. The maximum absolute atomic E-state index is 13.3. The molecule has 3 aromatic rings. The van der Waals surface area contributed by atoms with Gasteiger partial charge in [-0.2, -0.15) is 4.39 Å². The van der Waals surface area contributed by atoms with E-state index in [0.29, 0.717) is 4.88 Å². The summed E-state index contributed by atoms with van der Waals surface area (Å²) in [6, 6.07) is 9.92. The number of hydrogen-bond acceptors (Lipinski definition) is 7. The molecular weight excluding hydrogens is 421 g/mol. The van der Waals surface area contributed by atoms with Crippen LogP contribution in [0.3, 0.4) is 0 Å². The molecule has 11 heteroatoms. The monoisotopic (exact) mass is 435 g/mol. The Balaban J connectivity index is 1.56. The Morgan fingerprint density at radius 2 is 1.97 bits per heavy atom. The van der Waals surface area contributed by atoms with Gasteiger partial charge in [0.05, 0.1) is 11.5 Å². The van der Waals surface area contributed by atoms with Crippen molar-refractivity contribution >= 4 is 45.9 Å². The SMILES string of the molecule is O=C(NCc1ccc(C(O)c2cccs2)s1)C(=O)Nc1ccc(F)c([N+](=O)[O-])c1. The Hall–Kier alpha value is -3.15. The first-order chi connectivity index (χ1) is 13.8. The van der Waals surface area contributed by atoms with Crippen molar-refractivity contribution in [3.8, 4) is 0 Å². The minimum atomic E-state index is -1.05. The Labute approximate surface area is 171 Å². The van der Waals surface area contributed by atoms with Crippen LogP contribution in [0.4, 0.5) is 15.8 Å². The van der Waals surface area contributed by atoms with Gasteiger partial charge in [-0.05, 0) is 35.7 Å². The highest BCUT2D eigenvalue weighted by Crippen LogP contribution is 2.30. The molecule has 0 saturated heterocycles. The highest BCUT2D eigenvalue weighted by Gasteiger charge is 2.19. The van der Waals surface area contributed by atoms with Crippen LogP contribution in [0.15, 0.2) is 47.8 Å². The van der Waals surface area contributed by atoms with Crippen LogP contribution < -0.4 is 10.6 Å². The molecule has 0 bridgehead atoms. The number of halogens is 1. The van der Waals surface area contributed by atoms with Crippen molar-refractivity contribution < 1.29 is 24.0 Å². The van der Waals surface area contributed by atoms with Gasteiger partial charge in [0.2, 0.25) is 5.82 Å². The molecule has 2 amide bonds. The van der Waals surface area contributed by atoms with Crippen molar-refractivity contribution in [3.63, 3.8) is 0 Å². The van der Waals surface area contributed by atoms with Gasteiger partial charge >= 0.3 is 17.5 Å². The summed E-state index contributed by atoms with van der Waals surface area (Å²) >= 11 is 2.73. The van der Waals surface area contributed by atoms with E-state index >= 15 is 0 Å². The van der Waals surface area contributed by atoms with Gasteiger partial charge in [0.25, 0.3) is 0 Å². The predicted octanol–water partition coefficient (Wildman–Crippen LogP) is 3.19. The number of nitrogens with one attached hydrogen (secondary N) is 2. The van der Waals surface area contributed by atoms with E-state index in [0.717, 1.165) is 28.0 Å². The fourth-order valence-corrected chi connectivity index (χ4v) is 4.15. The number of carbonyl (C=O) groups is 2. The average Bonchev–Trinajstić information content (AvgIpc) is 3.39. The van der Waals surface area contributed by atoms with E-state index in [1.165, 1.54) is 22.7 Å². The van der Waals surface area contributed by atoms with Gasteiger partial charge in [-0.25, -0.2) is 0 Å². The lowest BCUT2D eigenvalue weighted by Crippen LogP contribution is -2.34. The molecule has 0 saturated carbocycles. The van der Waals surface area contributed by atoms with Gasteiger partial charge in [0.15, 0.2) is 0 Å². The van der Waals surface area contributed by atoms with Crippen LogP contribution in [0.1, 0.15) is 20.7 Å². The molecular formula is C18H14FN3O5S2. The zero-order valence-electron chi connectivity index (χ0n) is 14.6. The van der Waals surface area contributed by atoms with Crippen molar-refractivity contribution in [3.05, 3.63) is 78.4 Å². The number of nitro groups is 1. The maximum Gasteiger partial charge on any atom is 0.313 e. The predicted molar refractivity (Wildman–Crippen MR) is 106 cm³/mol. The lowest BCUT2D eigenvalue weighted by Gasteiger charge is -2.06. The number of nitro benzene ring substituents is 1. The van der Waals surface area contributed by atoms with Crippen LogP contribution in [0.2, 0.25) is 0 Å². The highest BCUT2D eigenvalue weighted by molar-refractivity contribution is 7.12. The molecule has 2 heterocycles. The molecule has 0 fully saturated rings. The van der Waals surface area contributed by atoms with Crippen molar-refractivity contribution in [2.45, 2.75) is 12.6 Å². The normalized spacial score (nSPS) is 11.7. The zero-order valence-corrected chi connectivity index (χ0v) is 16.3. The topological polar surface area (TPSA) is 122 Å². The van der Waals surface area contributed by atoms with Crippen LogP contribution in [-0.4, -0.2) is 21.8 Å². The molecule has 0 aliphatic carbocycles. The molecule has 0 aliphatic rings. The van der Waals surface area contributed by atoms with E-state index in [9.17, 15) is 29.2 Å². The lowest BCUT2D eigenvalue weighted by molar-refractivity contribution is -0.387. The first-order valence-electron chi connectivity index (χ1n) is 8.18. The third-order valence-corrected chi connectivity index (χ3v) is 5.86. The standard InChI is InChI=1S/C18H14FN3O5S2/c19-12-5-3-10(8-13(12)22(26)27)21-18(25)17(24)20-9-11-4-6-15(29-11)16(23)14-2-1-7-28-14/h1-8,16,23H,9H2,(H,20,24)(H,21,25). The summed E-state index contributed by atoms with van der Waals surface area (Å²) < 4.78 is 13.3. The van der Waals surface area contributed by atoms with Crippen LogP contribution in [0.5, 0.6) is 0 Å². The van der Waals surface area contributed by atoms with Crippen molar-refractivity contribution in [1.29, 1.82) is 0 Å². The Kier molecular flexibility index (Phi) is 6.32. The number of nitrogens with zero attached hydrogens (tertiary/aromatic N) is 1. The van der Waals surface area contributed by atoms with Gasteiger partial charge in [-0.3, -0.25) is 19.7 Å². The summed E-state index contributed by atoms with van der Waals surface area (Å²) in [7, 11) is 0. The second-order valence-corrected chi connectivity index (χ2v) is 7.96. The molecule has 150 valence electrons. The number of rotatable bonds is 6. The van der Waals surface area contributed by atoms with Crippen LogP contribution in [-0.2, 0) is 16.1 Å². The molecule has 2 aromatic heterocycles. The van der Waals surface area contributed by atoms with E-state index in [1.807, 2.05) is 17.5 Å². The van der Waals surface area contributed by atoms with Crippen LogP contribution in [0, 0.1) is 15.9 Å². The van der Waals surface area contributed by atoms with Gasteiger partial charge < -0.3 is 15.7 Å². The smallest absolute Gasteiger partial charge is 0.313 e. The van der Waals surface area contributed by atoms with Crippen molar-refractivity contribution in [2.24, 2.45) is 0 Å². The van der Waals surface area contributed by atoms with E-state index in [-0.39, 0.29) is 12.2 Å². The molecule has 29 heavy (non-hydrogen) atoms.